The Morgan fingerprint density at radius 1 is 1.47 bits per heavy atom. The van der Waals surface area contributed by atoms with Crippen molar-refractivity contribution in [3.05, 3.63) is 22.8 Å². The molecule has 17 heavy (non-hydrogen) atoms. The van der Waals surface area contributed by atoms with Gasteiger partial charge in [-0.25, -0.2) is 4.98 Å². The van der Waals surface area contributed by atoms with Gasteiger partial charge in [-0.3, -0.25) is 0 Å². The van der Waals surface area contributed by atoms with Crippen molar-refractivity contribution in [1.82, 2.24) is 4.98 Å². The van der Waals surface area contributed by atoms with Crippen LogP contribution in [0.1, 0.15) is 33.3 Å². The summed E-state index contributed by atoms with van der Waals surface area (Å²) in [5, 5.41) is 9.70. The molecule has 0 spiro atoms. The van der Waals surface area contributed by atoms with Crippen molar-refractivity contribution in [2.45, 2.75) is 40.3 Å². The number of nitrogens with zero attached hydrogens (tertiary/aromatic N) is 2. The first-order valence-corrected chi connectivity index (χ1v) is 6.13. The summed E-state index contributed by atoms with van der Waals surface area (Å²) in [6, 6.07) is 2.17. The van der Waals surface area contributed by atoms with Gasteiger partial charge in [-0.15, -0.1) is 0 Å². The summed E-state index contributed by atoms with van der Waals surface area (Å²) in [5.41, 5.74) is 0.875. The first-order chi connectivity index (χ1) is 7.77. The highest BCUT2D eigenvalue weighted by Crippen LogP contribution is 2.27. The topological polar surface area (TPSA) is 36.4 Å². The zero-order valence-electron chi connectivity index (χ0n) is 11.2. The van der Waals surface area contributed by atoms with Gasteiger partial charge in [0.2, 0.25) is 0 Å². The smallest absolute Gasteiger partial charge is 0.128 e. The van der Waals surface area contributed by atoms with Gasteiger partial charge < -0.3 is 10.0 Å². The first kappa shape index (κ1) is 14.3. The second kappa shape index (κ2) is 5.23. The molecule has 1 N–H and O–H groups in total. The molecule has 1 atom stereocenters. The van der Waals surface area contributed by atoms with E-state index in [1.807, 2.05) is 13.1 Å². The number of pyridine rings is 1. The molecule has 0 saturated carbocycles. The summed E-state index contributed by atoms with van der Waals surface area (Å²) in [7, 11) is 2.01. The number of hydrogen-bond acceptors (Lipinski definition) is 3. The molecule has 0 radical (unpaired) electrons. The zero-order chi connectivity index (χ0) is 13.2. The fourth-order valence-electron chi connectivity index (χ4n) is 1.56. The normalized spacial score (nSPS) is 13.6. The van der Waals surface area contributed by atoms with Crippen LogP contribution in [0.2, 0.25) is 5.02 Å². The van der Waals surface area contributed by atoms with Crippen molar-refractivity contribution in [3.63, 3.8) is 0 Å². The molecule has 0 fully saturated rings. The van der Waals surface area contributed by atoms with Gasteiger partial charge in [0.1, 0.15) is 5.82 Å². The molecule has 0 aliphatic heterocycles. The van der Waals surface area contributed by atoms with Gasteiger partial charge in [-0.2, -0.15) is 0 Å². The van der Waals surface area contributed by atoms with Gasteiger partial charge in [0.15, 0.2) is 0 Å². The van der Waals surface area contributed by atoms with E-state index in [1.165, 1.54) is 0 Å². The van der Waals surface area contributed by atoms with E-state index < -0.39 is 0 Å². The van der Waals surface area contributed by atoms with Crippen LogP contribution < -0.4 is 4.90 Å². The molecule has 1 unspecified atom stereocenters. The molecule has 1 rings (SSSR count). The number of aliphatic hydroxyl groups excluding tert-OH is 1. The lowest BCUT2D eigenvalue weighted by atomic mass is 9.87. The molecule has 0 bridgehead atoms. The SMILES string of the molecule is CC(N(C)c1cc(CO)c(Cl)cn1)C(C)(C)C. The Labute approximate surface area is 108 Å². The largest absolute Gasteiger partial charge is 0.392 e. The lowest BCUT2D eigenvalue weighted by Crippen LogP contribution is -2.39. The van der Waals surface area contributed by atoms with Crippen LogP contribution in [-0.2, 0) is 6.61 Å². The quantitative estimate of drug-likeness (QED) is 0.903. The summed E-state index contributed by atoms with van der Waals surface area (Å²) in [4.78, 5) is 6.41. The second-order valence-electron chi connectivity index (χ2n) is 5.44. The van der Waals surface area contributed by atoms with Gasteiger partial charge >= 0.3 is 0 Å². The molecule has 0 saturated heterocycles. The molecular formula is C13H21ClN2O. The number of aromatic nitrogens is 1. The fourth-order valence-corrected chi connectivity index (χ4v) is 1.72. The van der Waals surface area contributed by atoms with Crippen molar-refractivity contribution in [3.8, 4) is 0 Å². The second-order valence-corrected chi connectivity index (χ2v) is 5.85. The van der Waals surface area contributed by atoms with E-state index in [9.17, 15) is 5.11 Å². The van der Waals surface area contributed by atoms with Gasteiger partial charge in [0, 0.05) is 24.8 Å². The van der Waals surface area contributed by atoms with Crippen LogP contribution in [0.5, 0.6) is 0 Å². The minimum atomic E-state index is -0.0634. The molecule has 3 nitrogen and oxygen atoms in total. The number of rotatable bonds is 3. The predicted octanol–water partition coefficient (Wildman–Crippen LogP) is 3.10. The third-order valence-electron chi connectivity index (χ3n) is 3.29. The van der Waals surface area contributed by atoms with E-state index in [0.717, 1.165) is 5.82 Å². The third kappa shape index (κ3) is 3.33. The van der Waals surface area contributed by atoms with Gasteiger partial charge in [0.25, 0.3) is 0 Å². The Balaban J connectivity index is 3.00. The lowest BCUT2D eigenvalue weighted by molar-refractivity contribution is 0.281. The number of anilines is 1. The molecule has 96 valence electrons. The highest BCUT2D eigenvalue weighted by molar-refractivity contribution is 6.31. The summed E-state index contributed by atoms with van der Waals surface area (Å²) >= 11 is 5.93. The first-order valence-electron chi connectivity index (χ1n) is 5.75. The highest BCUT2D eigenvalue weighted by Gasteiger charge is 2.25. The average molecular weight is 257 g/mol. The van der Waals surface area contributed by atoms with Crippen LogP contribution in [0.4, 0.5) is 5.82 Å². The fraction of sp³-hybridized carbons (Fsp3) is 0.615. The van der Waals surface area contributed by atoms with Gasteiger partial charge in [-0.05, 0) is 18.4 Å². The van der Waals surface area contributed by atoms with Crippen LogP contribution in [0.25, 0.3) is 0 Å². The van der Waals surface area contributed by atoms with Crippen molar-refractivity contribution in [1.29, 1.82) is 0 Å². The minimum Gasteiger partial charge on any atom is -0.392 e. The number of aliphatic hydroxyl groups is 1. The van der Waals surface area contributed by atoms with Crippen LogP contribution in [0.3, 0.4) is 0 Å². The molecule has 1 heterocycles. The molecule has 0 aromatic carbocycles. The van der Waals surface area contributed by atoms with E-state index in [4.69, 9.17) is 11.6 Å². The van der Waals surface area contributed by atoms with E-state index in [0.29, 0.717) is 16.6 Å². The standard InChI is InChI=1S/C13H21ClN2O/c1-9(13(2,3)4)16(5)12-6-10(8-17)11(14)7-15-12/h6-7,9,17H,8H2,1-5H3. The minimum absolute atomic E-state index is 0.0634. The van der Waals surface area contributed by atoms with Crippen LogP contribution >= 0.6 is 11.6 Å². The Morgan fingerprint density at radius 2 is 2.06 bits per heavy atom. The van der Waals surface area contributed by atoms with Crippen molar-refractivity contribution in [2.75, 3.05) is 11.9 Å². The summed E-state index contributed by atoms with van der Waals surface area (Å²) < 4.78 is 0. The third-order valence-corrected chi connectivity index (χ3v) is 3.63. The van der Waals surface area contributed by atoms with E-state index >= 15 is 0 Å². The lowest BCUT2D eigenvalue weighted by Gasteiger charge is -2.36. The molecular weight excluding hydrogens is 236 g/mol. The predicted molar refractivity (Wildman–Crippen MR) is 72.5 cm³/mol. The Morgan fingerprint density at radius 3 is 2.53 bits per heavy atom. The van der Waals surface area contributed by atoms with Crippen LogP contribution in [0.15, 0.2) is 12.3 Å². The van der Waals surface area contributed by atoms with Crippen molar-refractivity contribution < 1.29 is 5.11 Å². The Kier molecular flexibility index (Phi) is 4.39. The summed E-state index contributed by atoms with van der Waals surface area (Å²) in [5.74, 6) is 0.834. The maximum Gasteiger partial charge on any atom is 0.128 e. The number of hydrogen-bond donors (Lipinski definition) is 1. The molecule has 0 amide bonds. The van der Waals surface area contributed by atoms with Crippen molar-refractivity contribution >= 4 is 17.4 Å². The zero-order valence-corrected chi connectivity index (χ0v) is 11.9. The Bertz CT molecular complexity index is 387. The molecule has 1 aromatic rings. The number of halogens is 1. The van der Waals surface area contributed by atoms with E-state index in [-0.39, 0.29) is 12.0 Å². The molecule has 0 aliphatic carbocycles. The van der Waals surface area contributed by atoms with Crippen molar-refractivity contribution in [2.24, 2.45) is 5.41 Å². The van der Waals surface area contributed by atoms with Crippen LogP contribution in [0, 0.1) is 5.41 Å². The summed E-state index contributed by atoms with van der Waals surface area (Å²) in [6.45, 7) is 8.67. The average Bonchev–Trinajstić information content (AvgIpc) is 2.26. The Hall–Kier alpha value is -0.800. The van der Waals surface area contributed by atoms with Crippen LogP contribution in [-0.4, -0.2) is 23.2 Å². The van der Waals surface area contributed by atoms with Gasteiger partial charge in [0.05, 0.1) is 11.6 Å². The summed E-state index contributed by atoms with van der Waals surface area (Å²) in [6.07, 6.45) is 1.59. The van der Waals surface area contributed by atoms with E-state index in [2.05, 4.69) is 37.6 Å². The van der Waals surface area contributed by atoms with E-state index in [1.54, 1.807) is 6.20 Å². The molecule has 4 heteroatoms. The molecule has 0 aliphatic rings. The van der Waals surface area contributed by atoms with Gasteiger partial charge in [-0.1, -0.05) is 32.4 Å². The monoisotopic (exact) mass is 256 g/mol. The molecule has 1 aromatic heterocycles. The maximum absolute atomic E-state index is 9.19. The highest BCUT2D eigenvalue weighted by atomic mass is 35.5. The maximum atomic E-state index is 9.19.